The smallest absolute Gasteiger partial charge is 0.406 e. The third kappa shape index (κ3) is 6.38. The molecule has 3 N–H and O–H groups in total. The zero-order valence-electron chi connectivity index (χ0n) is 15.2. The second-order valence-electron chi connectivity index (χ2n) is 5.97. The molecule has 0 fully saturated rings. The number of hydrogen-bond acceptors (Lipinski definition) is 6. The number of anilines is 3. The summed E-state index contributed by atoms with van der Waals surface area (Å²) < 4.78 is 41.6. The molecule has 0 aliphatic carbocycles. The molecule has 0 atom stereocenters. The van der Waals surface area contributed by atoms with E-state index in [9.17, 15) is 13.2 Å². The standard InChI is InChI=1S/C19H15Cl2F3N4O2/c20-12-7-13(21)9-14(8-12)26-17-10-16(27-18(28-17)25-4-5-29)11-2-1-3-15(6-11)30-19(22,23)24/h1-3,6-10,29H,4-5H2,(H2,25,26,27,28). The van der Waals surface area contributed by atoms with E-state index >= 15 is 0 Å². The van der Waals surface area contributed by atoms with Crippen molar-refractivity contribution in [2.45, 2.75) is 6.36 Å². The Morgan fingerprint density at radius 1 is 1.00 bits per heavy atom. The number of aromatic nitrogens is 2. The van der Waals surface area contributed by atoms with Crippen LogP contribution in [-0.2, 0) is 0 Å². The molecule has 0 unspecified atom stereocenters. The summed E-state index contributed by atoms with van der Waals surface area (Å²) in [6, 6.07) is 11.8. The summed E-state index contributed by atoms with van der Waals surface area (Å²) in [5.74, 6) is 0.125. The Labute approximate surface area is 179 Å². The highest BCUT2D eigenvalue weighted by Gasteiger charge is 2.31. The van der Waals surface area contributed by atoms with Gasteiger partial charge in [0.05, 0.1) is 12.3 Å². The topological polar surface area (TPSA) is 79.3 Å². The lowest BCUT2D eigenvalue weighted by Crippen LogP contribution is -2.17. The molecule has 0 bridgehead atoms. The molecule has 0 saturated heterocycles. The lowest BCUT2D eigenvalue weighted by Gasteiger charge is -2.13. The molecule has 1 aromatic heterocycles. The summed E-state index contributed by atoms with van der Waals surface area (Å²) in [6.45, 7) is 0.0261. The maximum Gasteiger partial charge on any atom is 0.573 e. The first kappa shape index (κ1) is 21.9. The summed E-state index contributed by atoms with van der Waals surface area (Å²) in [4.78, 5) is 8.58. The largest absolute Gasteiger partial charge is 0.573 e. The van der Waals surface area contributed by atoms with E-state index in [2.05, 4.69) is 25.3 Å². The zero-order valence-corrected chi connectivity index (χ0v) is 16.7. The van der Waals surface area contributed by atoms with Crippen LogP contribution in [0.2, 0.25) is 10.0 Å². The van der Waals surface area contributed by atoms with Gasteiger partial charge in [0.15, 0.2) is 0 Å². The predicted molar refractivity (Wildman–Crippen MR) is 109 cm³/mol. The number of halogens is 5. The summed E-state index contributed by atoms with van der Waals surface area (Å²) >= 11 is 12.0. The lowest BCUT2D eigenvalue weighted by molar-refractivity contribution is -0.274. The van der Waals surface area contributed by atoms with Gasteiger partial charge in [-0.15, -0.1) is 13.2 Å². The molecule has 2 aromatic carbocycles. The molecule has 0 aliphatic rings. The number of alkyl halides is 3. The number of benzene rings is 2. The van der Waals surface area contributed by atoms with Crippen molar-refractivity contribution in [3.8, 4) is 17.0 Å². The molecule has 1 heterocycles. The third-order valence-corrected chi connectivity index (χ3v) is 4.06. The van der Waals surface area contributed by atoms with Crippen LogP contribution in [0.1, 0.15) is 0 Å². The number of ether oxygens (including phenoxy) is 1. The fraction of sp³-hybridized carbons (Fsp3) is 0.158. The number of nitrogens with zero attached hydrogens (tertiary/aromatic N) is 2. The monoisotopic (exact) mass is 458 g/mol. The van der Waals surface area contributed by atoms with Crippen LogP contribution >= 0.6 is 23.2 Å². The van der Waals surface area contributed by atoms with Crippen LogP contribution in [0.25, 0.3) is 11.3 Å². The molecule has 0 saturated carbocycles. The Morgan fingerprint density at radius 3 is 2.40 bits per heavy atom. The van der Waals surface area contributed by atoms with Crippen molar-refractivity contribution in [2.75, 3.05) is 23.8 Å². The van der Waals surface area contributed by atoms with Crippen molar-refractivity contribution in [3.05, 3.63) is 58.6 Å². The SMILES string of the molecule is OCCNc1nc(Nc2cc(Cl)cc(Cl)c2)cc(-c2cccc(OC(F)(F)F)c2)n1. The average Bonchev–Trinajstić information content (AvgIpc) is 2.64. The van der Waals surface area contributed by atoms with Crippen molar-refractivity contribution < 1.29 is 23.0 Å². The van der Waals surface area contributed by atoms with Crippen molar-refractivity contribution in [2.24, 2.45) is 0 Å². The first-order valence-electron chi connectivity index (χ1n) is 8.55. The Hall–Kier alpha value is -2.75. The fourth-order valence-electron chi connectivity index (χ4n) is 2.53. The van der Waals surface area contributed by atoms with E-state index in [1.54, 1.807) is 30.3 Å². The minimum atomic E-state index is -4.81. The Bertz CT molecular complexity index is 1010. The zero-order chi connectivity index (χ0) is 21.7. The second-order valence-corrected chi connectivity index (χ2v) is 6.84. The third-order valence-electron chi connectivity index (χ3n) is 3.62. The summed E-state index contributed by atoms with van der Waals surface area (Å²) in [5.41, 5.74) is 1.26. The molecule has 6 nitrogen and oxygen atoms in total. The molecule has 0 radical (unpaired) electrons. The molecule has 3 rings (SSSR count). The molecule has 0 amide bonds. The molecular formula is C19H15Cl2F3N4O2. The molecule has 0 aliphatic heterocycles. The minimum Gasteiger partial charge on any atom is -0.406 e. The Kier molecular flexibility index (Phi) is 6.86. The summed E-state index contributed by atoms with van der Waals surface area (Å²) in [5, 5.41) is 15.7. The minimum absolute atomic E-state index is 0.158. The fourth-order valence-corrected chi connectivity index (χ4v) is 3.06. The van der Waals surface area contributed by atoms with Crippen molar-refractivity contribution in [1.29, 1.82) is 0 Å². The van der Waals surface area contributed by atoms with Gasteiger partial charge in [0.1, 0.15) is 11.6 Å². The number of rotatable bonds is 7. The van der Waals surface area contributed by atoms with Crippen molar-refractivity contribution >= 4 is 40.7 Å². The summed E-state index contributed by atoms with van der Waals surface area (Å²) in [6.07, 6.45) is -4.81. The molecule has 158 valence electrons. The average molecular weight is 459 g/mol. The van der Waals surface area contributed by atoms with Gasteiger partial charge in [-0.05, 0) is 30.3 Å². The van der Waals surface area contributed by atoms with Gasteiger partial charge in [0.25, 0.3) is 0 Å². The van der Waals surface area contributed by atoms with E-state index in [0.717, 1.165) is 0 Å². The highest BCUT2D eigenvalue weighted by atomic mass is 35.5. The Morgan fingerprint density at radius 2 is 1.73 bits per heavy atom. The first-order chi connectivity index (χ1) is 14.2. The van der Waals surface area contributed by atoms with E-state index in [1.165, 1.54) is 18.2 Å². The van der Waals surface area contributed by atoms with Crippen LogP contribution in [0.3, 0.4) is 0 Å². The maximum absolute atomic E-state index is 12.5. The molecule has 0 spiro atoms. The molecule has 30 heavy (non-hydrogen) atoms. The van der Waals surface area contributed by atoms with Gasteiger partial charge >= 0.3 is 6.36 Å². The van der Waals surface area contributed by atoms with E-state index < -0.39 is 6.36 Å². The second kappa shape index (κ2) is 9.38. The van der Waals surface area contributed by atoms with Gasteiger partial charge < -0.3 is 20.5 Å². The van der Waals surface area contributed by atoms with E-state index in [0.29, 0.717) is 32.8 Å². The highest BCUT2D eigenvalue weighted by molar-refractivity contribution is 6.35. The van der Waals surface area contributed by atoms with Crippen LogP contribution in [0.15, 0.2) is 48.5 Å². The Balaban J connectivity index is 1.97. The van der Waals surface area contributed by atoms with Crippen LogP contribution in [0, 0.1) is 0 Å². The quantitative estimate of drug-likeness (QED) is 0.433. The lowest BCUT2D eigenvalue weighted by atomic mass is 10.1. The normalized spacial score (nSPS) is 11.3. The van der Waals surface area contributed by atoms with Crippen LogP contribution in [0.5, 0.6) is 5.75 Å². The number of aliphatic hydroxyl groups is 1. The van der Waals surface area contributed by atoms with Crippen molar-refractivity contribution in [1.82, 2.24) is 9.97 Å². The van der Waals surface area contributed by atoms with E-state index in [-0.39, 0.29) is 24.8 Å². The van der Waals surface area contributed by atoms with Crippen LogP contribution in [-0.4, -0.2) is 34.6 Å². The van der Waals surface area contributed by atoms with Gasteiger partial charge in [-0.25, -0.2) is 4.98 Å². The first-order valence-corrected chi connectivity index (χ1v) is 9.30. The molecular weight excluding hydrogens is 444 g/mol. The van der Waals surface area contributed by atoms with Gasteiger partial charge in [0, 0.05) is 33.9 Å². The highest BCUT2D eigenvalue weighted by Crippen LogP contribution is 2.30. The summed E-state index contributed by atoms with van der Waals surface area (Å²) in [7, 11) is 0. The van der Waals surface area contributed by atoms with Gasteiger partial charge in [-0.2, -0.15) is 4.98 Å². The molecule has 3 aromatic rings. The van der Waals surface area contributed by atoms with E-state index in [1.807, 2.05) is 0 Å². The van der Waals surface area contributed by atoms with Gasteiger partial charge in [-0.3, -0.25) is 0 Å². The number of nitrogens with one attached hydrogen (secondary N) is 2. The number of aliphatic hydroxyl groups excluding tert-OH is 1. The molecule has 11 heteroatoms. The van der Waals surface area contributed by atoms with Crippen molar-refractivity contribution in [3.63, 3.8) is 0 Å². The maximum atomic E-state index is 12.5. The van der Waals surface area contributed by atoms with Gasteiger partial charge in [-0.1, -0.05) is 35.3 Å². The van der Waals surface area contributed by atoms with Crippen LogP contribution < -0.4 is 15.4 Å². The van der Waals surface area contributed by atoms with Crippen LogP contribution in [0.4, 0.5) is 30.6 Å². The predicted octanol–water partition coefficient (Wildman–Crippen LogP) is 5.50. The number of hydrogen-bond donors (Lipinski definition) is 3. The van der Waals surface area contributed by atoms with E-state index in [4.69, 9.17) is 28.3 Å². The van der Waals surface area contributed by atoms with Gasteiger partial charge in [0.2, 0.25) is 5.95 Å².